The Bertz CT molecular complexity index is 685. The number of hydrogen-bond acceptors (Lipinski definition) is 6. The molecule has 0 aliphatic carbocycles. The van der Waals surface area contributed by atoms with Crippen LogP contribution >= 0.6 is 27.3 Å². The summed E-state index contributed by atoms with van der Waals surface area (Å²) in [5, 5.41) is 14.1. The first-order valence-electron chi connectivity index (χ1n) is 11.7. The number of aromatic nitrogens is 1. The number of allylic oxidation sites excluding steroid dienone is 1. The third kappa shape index (κ3) is 8.92. The first-order valence-corrected chi connectivity index (χ1v) is 13.3. The first-order chi connectivity index (χ1) is 15.0. The Balaban J connectivity index is 1.79. The Morgan fingerprint density at radius 3 is 2.58 bits per heavy atom. The molecule has 0 N–H and O–H groups in total. The van der Waals surface area contributed by atoms with Crippen molar-refractivity contribution in [3.05, 3.63) is 27.3 Å². The topological polar surface area (TPSA) is 65.5 Å². The highest BCUT2D eigenvalue weighted by Crippen LogP contribution is 2.37. The molecule has 2 heterocycles. The molecule has 2 unspecified atom stereocenters. The van der Waals surface area contributed by atoms with E-state index in [4.69, 9.17) is 4.74 Å². The highest BCUT2D eigenvalue weighted by Gasteiger charge is 2.45. The smallest absolute Gasteiger partial charge is 0.310 e. The van der Waals surface area contributed by atoms with Gasteiger partial charge in [-0.15, -0.1) is 0 Å². The van der Waals surface area contributed by atoms with Crippen molar-refractivity contribution in [1.82, 2.24) is 14.5 Å². The van der Waals surface area contributed by atoms with Crippen molar-refractivity contribution < 1.29 is 9.53 Å². The van der Waals surface area contributed by atoms with Crippen molar-refractivity contribution in [1.29, 1.82) is 0 Å². The molecule has 6 nitrogen and oxygen atoms in total. The molecule has 2 atom stereocenters. The molecule has 1 fully saturated rings. The molecule has 0 amide bonds. The second kappa shape index (κ2) is 14.4. The molecular weight excluding hydrogens is 478 g/mol. The van der Waals surface area contributed by atoms with Crippen molar-refractivity contribution >= 4 is 38.4 Å². The van der Waals surface area contributed by atoms with Gasteiger partial charge in [-0.1, -0.05) is 70.4 Å². The summed E-state index contributed by atoms with van der Waals surface area (Å²) < 4.78 is 5.81. The minimum absolute atomic E-state index is 0.257. The highest BCUT2D eigenvalue weighted by atomic mass is 79.9. The number of halogens is 1. The third-order valence-corrected chi connectivity index (χ3v) is 7.27. The van der Waals surface area contributed by atoms with Gasteiger partial charge in [0.15, 0.2) is 0 Å². The summed E-state index contributed by atoms with van der Waals surface area (Å²) in [5.74, 6) is -0.266. The van der Waals surface area contributed by atoms with E-state index >= 15 is 0 Å². The molecule has 1 aromatic heterocycles. The molecule has 1 aliphatic heterocycles. The van der Waals surface area contributed by atoms with Crippen LogP contribution < -0.4 is 4.65 Å². The Kier molecular flexibility index (Phi) is 12.3. The number of thiazole rings is 1. The number of carbonyl (C=O) groups excluding carboxylic acids is 1. The first kappa shape index (κ1) is 26.5. The maximum Gasteiger partial charge on any atom is 0.310 e. The van der Waals surface area contributed by atoms with Gasteiger partial charge in [-0.05, 0) is 47.0 Å². The monoisotopic (exact) mass is 515 g/mol. The molecular formula is C23H38BrN3O3S. The standard InChI is InChI=1S/C23H38BrN3O3S/c1-3-5-7-8-9-10-11-12-13-15-22(28)30-21-18-26(16-14-6-4-2)19-27(21,29)23-25-17-20(24)31-23/h4,6,17,21H,3,5,7-16,18-19H2,1-2H3. The summed E-state index contributed by atoms with van der Waals surface area (Å²) in [6.07, 6.45) is 17.1. The van der Waals surface area contributed by atoms with Gasteiger partial charge in [-0.3, -0.25) is 9.44 Å². The lowest BCUT2D eigenvalue weighted by Gasteiger charge is -2.38. The van der Waals surface area contributed by atoms with E-state index in [-0.39, 0.29) is 12.6 Å². The van der Waals surface area contributed by atoms with E-state index in [9.17, 15) is 10.0 Å². The number of hydroxylamine groups is 2. The van der Waals surface area contributed by atoms with Gasteiger partial charge in [0.2, 0.25) is 0 Å². The summed E-state index contributed by atoms with van der Waals surface area (Å²) >= 11 is 4.70. The molecule has 31 heavy (non-hydrogen) atoms. The van der Waals surface area contributed by atoms with Crippen molar-refractivity contribution in [2.24, 2.45) is 0 Å². The van der Waals surface area contributed by atoms with E-state index in [0.29, 0.717) is 18.1 Å². The van der Waals surface area contributed by atoms with Crippen LogP contribution in [0.1, 0.15) is 84.5 Å². The number of hydrogen-bond donors (Lipinski definition) is 0. The molecule has 1 saturated heterocycles. The largest absolute Gasteiger partial charge is 0.622 e. The number of carbonyl (C=O) groups is 1. The van der Waals surface area contributed by atoms with Gasteiger partial charge in [0.1, 0.15) is 6.67 Å². The Morgan fingerprint density at radius 1 is 1.29 bits per heavy atom. The van der Waals surface area contributed by atoms with Crippen LogP contribution in [0.15, 0.2) is 22.1 Å². The van der Waals surface area contributed by atoms with E-state index in [1.54, 1.807) is 6.20 Å². The fourth-order valence-corrected chi connectivity index (χ4v) is 5.15. The van der Waals surface area contributed by atoms with E-state index in [1.165, 1.54) is 49.9 Å². The molecule has 0 saturated carbocycles. The number of quaternary nitrogens is 1. The van der Waals surface area contributed by atoms with Gasteiger partial charge in [0.25, 0.3) is 11.4 Å². The number of nitrogens with zero attached hydrogens (tertiary/aromatic N) is 3. The Labute approximate surface area is 200 Å². The third-order valence-electron chi connectivity index (χ3n) is 5.68. The molecule has 0 radical (unpaired) electrons. The molecule has 0 spiro atoms. The van der Waals surface area contributed by atoms with E-state index < -0.39 is 10.9 Å². The molecule has 0 aromatic carbocycles. The molecule has 8 heteroatoms. The maximum atomic E-state index is 13.7. The highest BCUT2D eigenvalue weighted by molar-refractivity contribution is 9.11. The zero-order valence-corrected chi connectivity index (χ0v) is 21.5. The fourth-order valence-electron chi connectivity index (χ4n) is 3.90. The van der Waals surface area contributed by atoms with E-state index in [0.717, 1.165) is 36.0 Å². The minimum Gasteiger partial charge on any atom is -0.622 e. The lowest BCUT2D eigenvalue weighted by atomic mass is 10.1. The summed E-state index contributed by atoms with van der Waals surface area (Å²) in [6.45, 7) is 5.69. The van der Waals surface area contributed by atoms with Crippen LogP contribution in [-0.4, -0.2) is 41.8 Å². The van der Waals surface area contributed by atoms with Crippen molar-refractivity contribution in [2.45, 2.75) is 90.7 Å². The predicted molar refractivity (Wildman–Crippen MR) is 133 cm³/mol. The van der Waals surface area contributed by atoms with Crippen LogP contribution in [0.5, 0.6) is 0 Å². The summed E-state index contributed by atoms with van der Waals surface area (Å²) in [4.78, 5) is 18.8. The van der Waals surface area contributed by atoms with E-state index in [2.05, 4.69) is 38.8 Å². The van der Waals surface area contributed by atoms with Crippen LogP contribution in [0.3, 0.4) is 0 Å². The minimum atomic E-state index is -0.755. The van der Waals surface area contributed by atoms with Gasteiger partial charge in [-0.25, -0.2) is 4.90 Å². The van der Waals surface area contributed by atoms with Crippen LogP contribution in [0, 0.1) is 5.21 Å². The normalized spacial score (nSPS) is 21.9. The molecule has 1 aromatic rings. The SMILES string of the molecule is CC=CCCN1CC(OC(=O)CCCCCCCCCCC)[N+]([O-])(c2ncc(Br)s2)C1. The average molecular weight is 517 g/mol. The van der Waals surface area contributed by atoms with Gasteiger partial charge in [0.05, 0.1) is 16.5 Å². The lowest BCUT2D eigenvalue weighted by Crippen LogP contribution is -2.50. The Hall–Kier alpha value is -0.800. The molecule has 0 bridgehead atoms. The van der Waals surface area contributed by atoms with Gasteiger partial charge in [0, 0.05) is 13.0 Å². The summed E-state index contributed by atoms with van der Waals surface area (Å²) in [7, 11) is 0. The molecule has 176 valence electrons. The zero-order valence-electron chi connectivity index (χ0n) is 19.1. The lowest BCUT2D eigenvalue weighted by molar-refractivity contribution is -0.153. The van der Waals surface area contributed by atoms with Crippen molar-refractivity contribution in [2.75, 3.05) is 19.8 Å². The molecule has 1 aliphatic rings. The molecule has 2 rings (SSSR count). The van der Waals surface area contributed by atoms with Gasteiger partial charge in [-0.2, -0.15) is 4.98 Å². The van der Waals surface area contributed by atoms with E-state index in [1.807, 2.05) is 13.0 Å². The van der Waals surface area contributed by atoms with Crippen LogP contribution in [0.25, 0.3) is 0 Å². The number of esters is 1. The van der Waals surface area contributed by atoms with Crippen molar-refractivity contribution in [3.63, 3.8) is 0 Å². The fraction of sp³-hybridized carbons (Fsp3) is 0.739. The second-order valence-electron chi connectivity index (χ2n) is 8.34. The Morgan fingerprint density at radius 2 is 1.97 bits per heavy atom. The summed E-state index contributed by atoms with van der Waals surface area (Å²) in [5.41, 5.74) is 0. The second-order valence-corrected chi connectivity index (χ2v) is 10.7. The maximum absolute atomic E-state index is 13.7. The number of ether oxygens (including phenoxy) is 1. The predicted octanol–water partition coefficient (Wildman–Crippen LogP) is 6.74. The van der Waals surface area contributed by atoms with Crippen LogP contribution in [0.4, 0.5) is 5.13 Å². The van der Waals surface area contributed by atoms with Crippen LogP contribution in [-0.2, 0) is 9.53 Å². The van der Waals surface area contributed by atoms with Crippen LogP contribution in [0.2, 0.25) is 0 Å². The number of rotatable bonds is 15. The van der Waals surface area contributed by atoms with Gasteiger partial charge >= 0.3 is 5.97 Å². The number of unbranched alkanes of at least 4 members (excludes halogenated alkanes) is 8. The quantitative estimate of drug-likeness (QED) is 0.0849. The van der Waals surface area contributed by atoms with Gasteiger partial charge < -0.3 is 9.94 Å². The van der Waals surface area contributed by atoms with Crippen molar-refractivity contribution in [3.8, 4) is 0 Å². The average Bonchev–Trinajstić information content (AvgIpc) is 3.31. The summed E-state index contributed by atoms with van der Waals surface area (Å²) in [6, 6.07) is 0. The zero-order chi connectivity index (χ0) is 22.5.